The summed E-state index contributed by atoms with van der Waals surface area (Å²) in [6, 6.07) is 13.5. The molecule has 2 aromatic carbocycles. The summed E-state index contributed by atoms with van der Waals surface area (Å²) in [5.74, 6) is -0.766. The van der Waals surface area contributed by atoms with Crippen molar-refractivity contribution < 1.29 is 23.9 Å². The van der Waals surface area contributed by atoms with E-state index >= 15 is 0 Å². The number of carbonyl (C=O) groups is 3. The molecule has 2 aliphatic rings. The molecule has 0 radical (unpaired) electrons. The van der Waals surface area contributed by atoms with E-state index in [1.807, 2.05) is 48.6 Å². The lowest BCUT2D eigenvalue weighted by atomic mass is 10.0. The van der Waals surface area contributed by atoms with Crippen molar-refractivity contribution in [1.82, 2.24) is 10.2 Å². The molecular weight excluding hydrogens is 446 g/mol. The quantitative estimate of drug-likeness (QED) is 0.381. The Hall–Kier alpha value is -3.94. The van der Waals surface area contributed by atoms with E-state index < -0.39 is 18.1 Å². The maximum absolute atomic E-state index is 12.3. The van der Waals surface area contributed by atoms with Crippen molar-refractivity contribution in [3.63, 3.8) is 0 Å². The summed E-state index contributed by atoms with van der Waals surface area (Å²) in [6.07, 6.45) is 6.01. The van der Waals surface area contributed by atoms with Gasteiger partial charge in [-0.25, -0.2) is 9.59 Å². The molecule has 0 bridgehead atoms. The van der Waals surface area contributed by atoms with Crippen molar-refractivity contribution >= 4 is 29.8 Å². The van der Waals surface area contributed by atoms with Crippen LogP contribution in [0.3, 0.4) is 0 Å². The third kappa shape index (κ3) is 5.42. The number of carbonyl (C=O) groups excluding carboxylic acids is 3. The fraction of sp³-hybridized carbons (Fsp3) is 0.333. The molecule has 35 heavy (non-hydrogen) atoms. The summed E-state index contributed by atoms with van der Waals surface area (Å²) in [5.41, 5.74) is 5.66. The van der Waals surface area contributed by atoms with Gasteiger partial charge in [0.15, 0.2) is 0 Å². The summed E-state index contributed by atoms with van der Waals surface area (Å²) in [7, 11) is 1.30. The fourth-order valence-corrected chi connectivity index (χ4v) is 4.52. The number of ether oxygens (including phenoxy) is 2. The standard InChI is InChI=1S/C27H29N3O5/c1-34-26(32)23-11-7-14-30(23)24(31)17-29-27(33)35-15-6-2-3-8-18-12-13-20-19-9-4-5-10-21(19)25(28)22(20)16-18/h3-5,8-10,12-13,16,23,28H,2,6-7,11,14-15,17H2,1H3,(H,29,33)/b8-3+,28-25?. The number of alkyl carbamates (subject to hydrolysis) is 1. The molecule has 1 unspecified atom stereocenters. The number of hydrogen-bond donors (Lipinski definition) is 2. The lowest BCUT2D eigenvalue weighted by Crippen LogP contribution is -2.46. The average Bonchev–Trinajstić information content (AvgIpc) is 3.48. The molecule has 1 atom stereocenters. The SMILES string of the molecule is COC(=O)C1CCCN1C(=O)CNC(=O)OCCC/C=C/c1ccc2c(c1)C(=N)c1ccccc1-2. The Morgan fingerprint density at radius 2 is 1.89 bits per heavy atom. The molecule has 1 fully saturated rings. The predicted octanol–water partition coefficient (Wildman–Crippen LogP) is 3.77. The van der Waals surface area contributed by atoms with Gasteiger partial charge in [-0.3, -0.25) is 10.2 Å². The Bertz CT molecular complexity index is 1170. The summed E-state index contributed by atoms with van der Waals surface area (Å²) >= 11 is 0. The zero-order chi connectivity index (χ0) is 24.8. The van der Waals surface area contributed by atoms with Crippen molar-refractivity contribution in [3.8, 4) is 11.1 Å². The second-order valence-electron chi connectivity index (χ2n) is 8.53. The molecule has 1 aliphatic heterocycles. The van der Waals surface area contributed by atoms with Crippen molar-refractivity contribution in [1.29, 1.82) is 5.41 Å². The number of methoxy groups -OCH3 is 1. The predicted molar refractivity (Wildman–Crippen MR) is 132 cm³/mol. The normalized spacial score (nSPS) is 16.2. The number of benzene rings is 2. The molecule has 1 heterocycles. The lowest BCUT2D eigenvalue weighted by molar-refractivity contribution is -0.150. The van der Waals surface area contributed by atoms with Crippen LogP contribution >= 0.6 is 0 Å². The second-order valence-corrected chi connectivity index (χ2v) is 8.53. The van der Waals surface area contributed by atoms with Crippen LogP contribution in [0, 0.1) is 5.41 Å². The average molecular weight is 476 g/mol. The molecule has 2 aromatic rings. The summed E-state index contributed by atoms with van der Waals surface area (Å²) in [4.78, 5) is 37.4. The molecule has 0 aromatic heterocycles. The van der Waals surface area contributed by atoms with Crippen LogP contribution in [0.4, 0.5) is 4.79 Å². The Morgan fingerprint density at radius 1 is 1.11 bits per heavy atom. The molecule has 2 amide bonds. The molecule has 182 valence electrons. The number of nitrogens with zero attached hydrogens (tertiary/aromatic N) is 1. The van der Waals surface area contributed by atoms with Crippen LogP contribution in [0.15, 0.2) is 48.5 Å². The number of allylic oxidation sites excluding steroid dienone is 1. The van der Waals surface area contributed by atoms with Gasteiger partial charge in [-0.1, -0.05) is 48.6 Å². The summed E-state index contributed by atoms with van der Waals surface area (Å²) < 4.78 is 9.87. The molecule has 4 rings (SSSR count). The van der Waals surface area contributed by atoms with E-state index in [4.69, 9.17) is 14.9 Å². The molecule has 1 saturated heterocycles. The van der Waals surface area contributed by atoms with Crippen LogP contribution in [0.2, 0.25) is 0 Å². The minimum atomic E-state index is -0.659. The van der Waals surface area contributed by atoms with Gasteiger partial charge in [0.25, 0.3) is 0 Å². The van der Waals surface area contributed by atoms with E-state index in [0.29, 0.717) is 25.1 Å². The minimum Gasteiger partial charge on any atom is -0.467 e. The zero-order valence-corrected chi connectivity index (χ0v) is 19.7. The van der Waals surface area contributed by atoms with Crippen molar-refractivity contribution in [2.45, 2.75) is 31.7 Å². The van der Waals surface area contributed by atoms with Gasteiger partial charge in [-0.15, -0.1) is 0 Å². The van der Waals surface area contributed by atoms with Crippen LogP contribution in [0.1, 0.15) is 42.4 Å². The third-order valence-electron chi connectivity index (χ3n) is 6.29. The number of amides is 2. The van der Waals surface area contributed by atoms with Gasteiger partial charge in [0.1, 0.15) is 12.6 Å². The minimum absolute atomic E-state index is 0.219. The van der Waals surface area contributed by atoms with E-state index in [0.717, 1.165) is 40.7 Å². The fourth-order valence-electron chi connectivity index (χ4n) is 4.52. The van der Waals surface area contributed by atoms with Crippen LogP contribution < -0.4 is 5.32 Å². The molecule has 0 spiro atoms. The number of esters is 1. The molecule has 2 N–H and O–H groups in total. The molecule has 0 saturated carbocycles. The van der Waals surface area contributed by atoms with Crippen LogP contribution in [0.25, 0.3) is 17.2 Å². The first kappa shape index (κ1) is 24.2. The van der Waals surface area contributed by atoms with Gasteiger partial charge in [0.05, 0.1) is 19.4 Å². The highest BCUT2D eigenvalue weighted by Gasteiger charge is 2.34. The van der Waals surface area contributed by atoms with Crippen molar-refractivity contribution in [3.05, 3.63) is 65.2 Å². The van der Waals surface area contributed by atoms with Gasteiger partial charge >= 0.3 is 12.1 Å². The number of hydrogen-bond acceptors (Lipinski definition) is 6. The highest BCUT2D eigenvalue weighted by molar-refractivity contribution is 6.23. The smallest absolute Gasteiger partial charge is 0.407 e. The molecule has 8 heteroatoms. The Balaban J connectivity index is 1.16. The molecule has 1 aliphatic carbocycles. The molecular formula is C27H29N3O5. The van der Waals surface area contributed by atoms with Gasteiger partial charge in [0, 0.05) is 17.7 Å². The maximum Gasteiger partial charge on any atom is 0.407 e. The topological polar surface area (TPSA) is 109 Å². The monoisotopic (exact) mass is 475 g/mol. The maximum atomic E-state index is 12.3. The molecule has 8 nitrogen and oxygen atoms in total. The van der Waals surface area contributed by atoms with E-state index in [2.05, 4.69) is 11.4 Å². The van der Waals surface area contributed by atoms with E-state index in [1.165, 1.54) is 12.0 Å². The van der Waals surface area contributed by atoms with Crippen LogP contribution in [-0.2, 0) is 19.1 Å². The van der Waals surface area contributed by atoms with Crippen molar-refractivity contribution in [2.75, 3.05) is 26.8 Å². The number of likely N-dealkylation sites (tertiary alicyclic amines) is 1. The number of nitrogens with one attached hydrogen (secondary N) is 2. The Labute approximate surface area is 204 Å². The first-order chi connectivity index (χ1) is 17.0. The van der Waals surface area contributed by atoms with E-state index in [-0.39, 0.29) is 19.1 Å². The Morgan fingerprint density at radius 3 is 2.69 bits per heavy atom. The van der Waals surface area contributed by atoms with Gasteiger partial charge in [-0.05, 0) is 48.4 Å². The zero-order valence-electron chi connectivity index (χ0n) is 19.7. The van der Waals surface area contributed by atoms with Crippen LogP contribution in [-0.4, -0.2) is 61.4 Å². The first-order valence-electron chi connectivity index (χ1n) is 11.8. The highest BCUT2D eigenvalue weighted by Crippen LogP contribution is 2.36. The number of fused-ring (bicyclic) bond motifs is 3. The van der Waals surface area contributed by atoms with E-state index in [1.54, 1.807) is 0 Å². The second kappa shape index (κ2) is 11.0. The number of unbranched alkanes of at least 4 members (excludes halogenated alkanes) is 1. The first-order valence-corrected chi connectivity index (χ1v) is 11.8. The number of rotatable bonds is 8. The van der Waals surface area contributed by atoms with Gasteiger partial charge in [-0.2, -0.15) is 0 Å². The van der Waals surface area contributed by atoms with Crippen LogP contribution in [0.5, 0.6) is 0 Å². The summed E-state index contributed by atoms with van der Waals surface area (Å²) in [6.45, 7) is 0.479. The third-order valence-corrected chi connectivity index (χ3v) is 6.29. The largest absolute Gasteiger partial charge is 0.467 e. The Kier molecular flexibility index (Phi) is 7.60. The lowest BCUT2D eigenvalue weighted by Gasteiger charge is -2.22. The van der Waals surface area contributed by atoms with Gasteiger partial charge < -0.3 is 19.7 Å². The van der Waals surface area contributed by atoms with Gasteiger partial charge in [0.2, 0.25) is 5.91 Å². The highest BCUT2D eigenvalue weighted by atomic mass is 16.5. The van der Waals surface area contributed by atoms with E-state index in [9.17, 15) is 14.4 Å². The van der Waals surface area contributed by atoms with Crippen molar-refractivity contribution in [2.24, 2.45) is 0 Å². The summed E-state index contributed by atoms with van der Waals surface area (Å²) in [5, 5.41) is 10.9.